The van der Waals surface area contributed by atoms with E-state index in [2.05, 4.69) is 26.1 Å². The van der Waals surface area contributed by atoms with E-state index in [9.17, 15) is 0 Å². The summed E-state index contributed by atoms with van der Waals surface area (Å²) in [6.07, 6.45) is 0. The van der Waals surface area contributed by atoms with E-state index in [1.165, 1.54) is 0 Å². The van der Waals surface area contributed by atoms with Crippen molar-refractivity contribution in [2.24, 2.45) is 0 Å². The third-order valence-corrected chi connectivity index (χ3v) is 2.79. The second-order valence-corrected chi connectivity index (χ2v) is 4.02. The van der Waals surface area contributed by atoms with Gasteiger partial charge in [-0.2, -0.15) is 0 Å². The van der Waals surface area contributed by atoms with Gasteiger partial charge in [-0.15, -0.1) is 10.2 Å². The highest BCUT2D eigenvalue weighted by Crippen LogP contribution is 2.30. The molecule has 0 bridgehead atoms. The number of ether oxygens (including phenoxy) is 1. The molecule has 2 rings (SSSR count). The minimum absolute atomic E-state index is 0.374. The van der Waals surface area contributed by atoms with Crippen molar-refractivity contribution in [2.75, 3.05) is 12.8 Å². The quantitative estimate of drug-likeness (QED) is 0.918. The number of methoxy groups -OCH3 is 1. The molecule has 1 aromatic heterocycles. The summed E-state index contributed by atoms with van der Waals surface area (Å²) in [6, 6.07) is 9.44. The number of rotatable bonds is 2. The molecule has 0 unspecified atom stereocenters. The van der Waals surface area contributed by atoms with E-state index in [1.54, 1.807) is 7.11 Å². The van der Waals surface area contributed by atoms with Gasteiger partial charge in [0.1, 0.15) is 5.75 Å². The number of para-hydroxylation sites is 1. The zero-order chi connectivity index (χ0) is 11.5. The fraction of sp³-hybridized carbons (Fsp3) is 0.0909. The molecular formula is C11H10BrN3O. The molecule has 1 aromatic carbocycles. The number of nitrogens with zero attached hydrogens (tertiary/aromatic N) is 2. The molecule has 0 saturated carbocycles. The summed E-state index contributed by atoms with van der Waals surface area (Å²) in [7, 11) is 1.62. The number of nitrogen functional groups attached to an aromatic ring is 1. The lowest BCUT2D eigenvalue weighted by Gasteiger charge is -2.07. The molecule has 5 heteroatoms. The molecule has 0 saturated heterocycles. The largest absolute Gasteiger partial charge is 0.496 e. The minimum Gasteiger partial charge on any atom is -0.496 e. The maximum Gasteiger partial charge on any atom is 0.160 e. The van der Waals surface area contributed by atoms with Gasteiger partial charge in [-0.25, -0.2) is 0 Å². The zero-order valence-corrected chi connectivity index (χ0v) is 10.2. The molecule has 2 aromatic rings. The Bertz CT molecular complexity index is 516. The van der Waals surface area contributed by atoms with Gasteiger partial charge in [-0.05, 0) is 34.1 Å². The Morgan fingerprint density at radius 1 is 1.25 bits per heavy atom. The summed E-state index contributed by atoms with van der Waals surface area (Å²) in [6.45, 7) is 0. The molecule has 0 spiro atoms. The highest BCUT2D eigenvalue weighted by Gasteiger charge is 2.08. The van der Waals surface area contributed by atoms with Crippen LogP contribution < -0.4 is 10.5 Å². The van der Waals surface area contributed by atoms with Crippen molar-refractivity contribution < 1.29 is 4.74 Å². The predicted molar refractivity (Wildman–Crippen MR) is 66.1 cm³/mol. The van der Waals surface area contributed by atoms with Crippen molar-refractivity contribution in [1.82, 2.24) is 10.2 Å². The van der Waals surface area contributed by atoms with Gasteiger partial charge >= 0.3 is 0 Å². The van der Waals surface area contributed by atoms with E-state index < -0.39 is 0 Å². The molecule has 1 heterocycles. The van der Waals surface area contributed by atoms with Gasteiger partial charge in [0.25, 0.3) is 0 Å². The molecule has 4 nitrogen and oxygen atoms in total. The lowest BCUT2D eigenvalue weighted by molar-refractivity contribution is 0.416. The first kappa shape index (κ1) is 10.9. The molecule has 0 aliphatic rings. The van der Waals surface area contributed by atoms with Crippen LogP contribution in [0.25, 0.3) is 11.3 Å². The monoisotopic (exact) mass is 279 g/mol. The minimum atomic E-state index is 0.374. The number of nitrogens with two attached hydrogens (primary N) is 1. The smallest absolute Gasteiger partial charge is 0.160 e. The maximum absolute atomic E-state index is 5.59. The Kier molecular flexibility index (Phi) is 3.05. The maximum atomic E-state index is 5.59. The first-order valence-corrected chi connectivity index (χ1v) is 5.43. The van der Waals surface area contributed by atoms with Crippen molar-refractivity contribution in [3.63, 3.8) is 0 Å². The van der Waals surface area contributed by atoms with E-state index in [0.29, 0.717) is 5.82 Å². The van der Waals surface area contributed by atoms with Crippen molar-refractivity contribution >= 4 is 21.7 Å². The Hall–Kier alpha value is -1.62. The highest BCUT2D eigenvalue weighted by atomic mass is 79.9. The Labute approximate surface area is 102 Å². The topological polar surface area (TPSA) is 61.0 Å². The van der Waals surface area contributed by atoms with E-state index in [0.717, 1.165) is 21.5 Å². The lowest BCUT2D eigenvalue weighted by Crippen LogP contribution is -1.97. The van der Waals surface area contributed by atoms with E-state index in [-0.39, 0.29) is 0 Å². The first-order chi connectivity index (χ1) is 7.72. The molecule has 0 aliphatic carbocycles. The Balaban J connectivity index is 2.54. The third kappa shape index (κ3) is 1.99. The fourth-order valence-corrected chi connectivity index (χ4v) is 1.66. The summed E-state index contributed by atoms with van der Waals surface area (Å²) in [5.41, 5.74) is 7.19. The van der Waals surface area contributed by atoms with Gasteiger partial charge in [-0.1, -0.05) is 12.1 Å². The SMILES string of the molecule is COc1ccccc1-c1cc(Br)c(N)nn1. The normalized spacial score (nSPS) is 10.1. The van der Waals surface area contributed by atoms with Crippen molar-refractivity contribution in [3.05, 3.63) is 34.8 Å². The molecule has 2 N–H and O–H groups in total. The lowest BCUT2D eigenvalue weighted by atomic mass is 10.1. The van der Waals surface area contributed by atoms with Crippen LogP contribution in [0.3, 0.4) is 0 Å². The molecule has 0 amide bonds. The van der Waals surface area contributed by atoms with Gasteiger partial charge in [0.2, 0.25) is 0 Å². The third-order valence-electron chi connectivity index (χ3n) is 2.16. The first-order valence-electron chi connectivity index (χ1n) is 4.64. The van der Waals surface area contributed by atoms with Gasteiger partial charge in [-0.3, -0.25) is 0 Å². The fourth-order valence-electron chi connectivity index (χ4n) is 1.37. The average molecular weight is 280 g/mol. The van der Waals surface area contributed by atoms with Crippen molar-refractivity contribution in [2.45, 2.75) is 0 Å². The van der Waals surface area contributed by atoms with Gasteiger partial charge in [0.15, 0.2) is 5.82 Å². The van der Waals surface area contributed by atoms with Crippen LogP contribution in [0.4, 0.5) is 5.82 Å². The average Bonchev–Trinajstić information content (AvgIpc) is 2.32. The summed E-state index contributed by atoms with van der Waals surface area (Å²) >= 11 is 3.32. The summed E-state index contributed by atoms with van der Waals surface area (Å²) in [4.78, 5) is 0. The molecule has 16 heavy (non-hydrogen) atoms. The Morgan fingerprint density at radius 2 is 2.00 bits per heavy atom. The van der Waals surface area contributed by atoms with E-state index in [1.807, 2.05) is 30.3 Å². The van der Waals surface area contributed by atoms with Crippen LogP contribution in [-0.2, 0) is 0 Å². The van der Waals surface area contributed by atoms with Gasteiger partial charge in [0.05, 0.1) is 17.3 Å². The van der Waals surface area contributed by atoms with Crippen LogP contribution in [0.2, 0.25) is 0 Å². The van der Waals surface area contributed by atoms with Gasteiger partial charge < -0.3 is 10.5 Å². The molecule has 82 valence electrons. The number of anilines is 1. The molecule has 0 fully saturated rings. The van der Waals surface area contributed by atoms with E-state index in [4.69, 9.17) is 10.5 Å². The standard InChI is InChI=1S/C11H10BrN3O/c1-16-10-5-3-2-4-7(10)9-6-8(12)11(13)15-14-9/h2-6H,1H3,(H2,13,15). The molecule has 0 atom stereocenters. The second kappa shape index (κ2) is 4.49. The van der Waals surface area contributed by atoms with E-state index >= 15 is 0 Å². The number of benzene rings is 1. The van der Waals surface area contributed by atoms with Crippen LogP contribution in [0.1, 0.15) is 0 Å². The predicted octanol–water partition coefficient (Wildman–Crippen LogP) is 2.50. The number of aromatic nitrogens is 2. The number of halogens is 1. The molecule has 0 aliphatic heterocycles. The molecule has 0 radical (unpaired) electrons. The molecular weight excluding hydrogens is 270 g/mol. The zero-order valence-electron chi connectivity index (χ0n) is 8.64. The summed E-state index contributed by atoms with van der Waals surface area (Å²) in [5, 5.41) is 7.89. The van der Waals surface area contributed by atoms with Crippen LogP contribution in [0, 0.1) is 0 Å². The summed E-state index contributed by atoms with van der Waals surface area (Å²) in [5.74, 6) is 1.13. The highest BCUT2D eigenvalue weighted by molar-refractivity contribution is 9.10. The number of hydrogen-bond donors (Lipinski definition) is 1. The van der Waals surface area contributed by atoms with Crippen molar-refractivity contribution in [1.29, 1.82) is 0 Å². The van der Waals surface area contributed by atoms with Crippen LogP contribution in [-0.4, -0.2) is 17.3 Å². The Morgan fingerprint density at radius 3 is 2.69 bits per heavy atom. The van der Waals surface area contributed by atoms with Crippen LogP contribution in [0.15, 0.2) is 34.8 Å². The summed E-state index contributed by atoms with van der Waals surface area (Å²) < 4.78 is 5.98. The van der Waals surface area contributed by atoms with Gasteiger partial charge in [0, 0.05) is 5.56 Å². The van der Waals surface area contributed by atoms with Crippen molar-refractivity contribution in [3.8, 4) is 17.0 Å². The van der Waals surface area contributed by atoms with Crippen LogP contribution >= 0.6 is 15.9 Å². The van der Waals surface area contributed by atoms with Crippen LogP contribution in [0.5, 0.6) is 5.75 Å². The number of hydrogen-bond acceptors (Lipinski definition) is 4. The second-order valence-electron chi connectivity index (χ2n) is 3.16.